The molecular formula is C13H17BrF3NO2. The van der Waals surface area contributed by atoms with Gasteiger partial charge in [0.1, 0.15) is 0 Å². The van der Waals surface area contributed by atoms with Crippen LogP contribution in [0, 0.1) is 0 Å². The van der Waals surface area contributed by atoms with Crippen molar-refractivity contribution in [2.24, 2.45) is 0 Å². The number of alkyl halides is 3. The van der Waals surface area contributed by atoms with Gasteiger partial charge in [0.25, 0.3) is 0 Å². The molecule has 7 heteroatoms. The Morgan fingerprint density at radius 3 is 2.40 bits per heavy atom. The van der Waals surface area contributed by atoms with Gasteiger partial charge in [0.05, 0.1) is 17.9 Å². The third kappa shape index (κ3) is 7.00. The van der Waals surface area contributed by atoms with Crippen molar-refractivity contribution in [3.05, 3.63) is 22.7 Å². The van der Waals surface area contributed by atoms with Crippen LogP contribution in [0.1, 0.15) is 20.8 Å². The van der Waals surface area contributed by atoms with Gasteiger partial charge < -0.3 is 14.8 Å². The monoisotopic (exact) mass is 355 g/mol. The number of rotatable bonds is 5. The first-order chi connectivity index (χ1) is 9.07. The molecule has 0 atom stereocenters. The topological polar surface area (TPSA) is 30.5 Å². The quantitative estimate of drug-likeness (QED) is 0.784. The fourth-order valence-corrected chi connectivity index (χ4v) is 1.73. The molecule has 1 aromatic rings. The van der Waals surface area contributed by atoms with Crippen molar-refractivity contribution >= 4 is 21.6 Å². The number of benzene rings is 1. The number of hydrogen-bond acceptors (Lipinski definition) is 3. The predicted octanol–water partition coefficient (Wildman–Crippen LogP) is 4.57. The Labute approximate surface area is 124 Å². The van der Waals surface area contributed by atoms with Crippen LogP contribution in [0.25, 0.3) is 0 Å². The molecule has 0 aromatic heterocycles. The maximum atomic E-state index is 12.3. The third-order valence-corrected chi connectivity index (χ3v) is 2.62. The zero-order valence-corrected chi connectivity index (χ0v) is 13.1. The van der Waals surface area contributed by atoms with Crippen molar-refractivity contribution in [1.82, 2.24) is 0 Å². The predicted molar refractivity (Wildman–Crippen MR) is 75.0 cm³/mol. The van der Waals surface area contributed by atoms with Crippen LogP contribution >= 0.6 is 15.9 Å². The molecule has 0 aliphatic carbocycles. The Bertz CT molecular complexity index is 444. The second-order valence-electron chi connectivity index (χ2n) is 5.08. The highest BCUT2D eigenvalue weighted by Gasteiger charge is 2.32. The summed E-state index contributed by atoms with van der Waals surface area (Å²) in [7, 11) is 0. The second kappa shape index (κ2) is 6.67. The molecule has 0 amide bonds. The van der Waals surface area contributed by atoms with Crippen molar-refractivity contribution in [2.75, 3.05) is 18.5 Å². The molecule has 0 fully saturated rings. The minimum absolute atomic E-state index is 0.267. The van der Waals surface area contributed by atoms with E-state index in [-0.39, 0.29) is 17.0 Å². The lowest BCUT2D eigenvalue weighted by atomic mass is 10.2. The Morgan fingerprint density at radius 2 is 1.85 bits per heavy atom. The Kier molecular flexibility index (Phi) is 5.70. The highest BCUT2D eigenvalue weighted by atomic mass is 79.9. The maximum Gasteiger partial charge on any atom is 0.573 e. The molecular weight excluding hydrogens is 339 g/mol. The van der Waals surface area contributed by atoms with Gasteiger partial charge in [-0.05, 0) is 39.0 Å². The summed E-state index contributed by atoms with van der Waals surface area (Å²) in [5.41, 5.74) is -0.0183. The van der Waals surface area contributed by atoms with Crippen LogP contribution in [-0.4, -0.2) is 25.1 Å². The van der Waals surface area contributed by atoms with Crippen LogP contribution in [0.5, 0.6) is 5.75 Å². The zero-order valence-electron chi connectivity index (χ0n) is 11.5. The summed E-state index contributed by atoms with van der Waals surface area (Å²) in [5, 5.41) is 2.86. The Balaban J connectivity index is 2.65. The lowest BCUT2D eigenvalue weighted by Crippen LogP contribution is -2.23. The van der Waals surface area contributed by atoms with Gasteiger partial charge in [0.2, 0.25) is 0 Å². The van der Waals surface area contributed by atoms with Crippen LogP contribution in [0.2, 0.25) is 0 Å². The molecule has 1 N–H and O–H groups in total. The van der Waals surface area contributed by atoms with Crippen molar-refractivity contribution in [2.45, 2.75) is 32.7 Å². The maximum absolute atomic E-state index is 12.3. The average Bonchev–Trinajstić information content (AvgIpc) is 2.23. The van der Waals surface area contributed by atoms with Gasteiger partial charge in [-0.3, -0.25) is 0 Å². The largest absolute Gasteiger partial charge is 0.573 e. The fraction of sp³-hybridized carbons (Fsp3) is 0.538. The number of hydrogen-bond donors (Lipinski definition) is 1. The van der Waals surface area contributed by atoms with Crippen LogP contribution in [-0.2, 0) is 4.74 Å². The minimum atomic E-state index is -4.72. The molecule has 0 aliphatic rings. The molecule has 3 nitrogen and oxygen atoms in total. The molecule has 0 spiro atoms. The molecule has 0 aliphatic heterocycles. The normalized spacial score (nSPS) is 12.3. The minimum Gasteiger partial charge on any atom is -0.404 e. The molecule has 0 heterocycles. The number of halogens is 4. The van der Waals surface area contributed by atoms with E-state index in [0.29, 0.717) is 17.6 Å². The summed E-state index contributed by atoms with van der Waals surface area (Å²) < 4.78 is 46.9. The summed E-state index contributed by atoms with van der Waals surface area (Å²) in [6.07, 6.45) is -4.72. The molecule has 0 radical (unpaired) electrons. The van der Waals surface area contributed by atoms with Crippen molar-refractivity contribution < 1.29 is 22.6 Å². The highest BCUT2D eigenvalue weighted by Crippen LogP contribution is 2.32. The standard InChI is InChI=1S/C13H17BrF3NO2/c1-12(2,3)19-7-6-18-10-5-4-9(14)8-11(10)20-13(15,16)17/h4-5,8,18H,6-7H2,1-3H3. The van der Waals surface area contributed by atoms with E-state index in [2.05, 4.69) is 26.0 Å². The summed E-state index contributed by atoms with van der Waals surface area (Å²) in [6.45, 7) is 6.48. The number of anilines is 1. The molecule has 0 saturated carbocycles. The lowest BCUT2D eigenvalue weighted by molar-refractivity contribution is -0.274. The third-order valence-electron chi connectivity index (χ3n) is 2.12. The van der Waals surface area contributed by atoms with Crippen molar-refractivity contribution in [1.29, 1.82) is 0 Å². The summed E-state index contributed by atoms with van der Waals surface area (Å²) in [4.78, 5) is 0. The van der Waals surface area contributed by atoms with E-state index in [0.717, 1.165) is 0 Å². The van der Waals surface area contributed by atoms with E-state index >= 15 is 0 Å². The summed E-state index contributed by atoms with van der Waals surface area (Å²) in [6, 6.07) is 4.42. The Hall–Kier alpha value is -0.950. The van der Waals surface area contributed by atoms with Gasteiger partial charge in [-0.15, -0.1) is 13.2 Å². The molecule has 0 unspecified atom stereocenters. The SMILES string of the molecule is CC(C)(C)OCCNc1ccc(Br)cc1OC(F)(F)F. The molecule has 1 aromatic carbocycles. The van der Waals surface area contributed by atoms with E-state index in [1.807, 2.05) is 20.8 Å². The summed E-state index contributed by atoms with van der Waals surface area (Å²) in [5.74, 6) is -0.275. The molecule has 20 heavy (non-hydrogen) atoms. The van der Waals surface area contributed by atoms with Crippen LogP contribution in [0.4, 0.5) is 18.9 Å². The fourth-order valence-electron chi connectivity index (χ4n) is 1.39. The number of ether oxygens (including phenoxy) is 2. The van der Waals surface area contributed by atoms with Crippen molar-refractivity contribution in [3.8, 4) is 5.75 Å². The summed E-state index contributed by atoms with van der Waals surface area (Å²) >= 11 is 3.11. The van der Waals surface area contributed by atoms with E-state index in [4.69, 9.17) is 4.74 Å². The number of nitrogens with one attached hydrogen (secondary N) is 1. The van der Waals surface area contributed by atoms with Gasteiger partial charge in [-0.2, -0.15) is 0 Å². The lowest BCUT2D eigenvalue weighted by Gasteiger charge is -2.20. The first kappa shape index (κ1) is 17.1. The molecule has 0 saturated heterocycles. The van der Waals surface area contributed by atoms with Crippen LogP contribution in [0.15, 0.2) is 22.7 Å². The zero-order chi connectivity index (χ0) is 15.4. The van der Waals surface area contributed by atoms with Gasteiger partial charge in [-0.1, -0.05) is 15.9 Å². The van der Waals surface area contributed by atoms with Gasteiger partial charge >= 0.3 is 6.36 Å². The smallest absolute Gasteiger partial charge is 0.404 e. The first-order valence-corrected chi connectivity index (χ1v) is 6.79. The van der Waals surface area contributed by atoms with E-state index in [9.17, 15) is 13.2 Å². The Morgan fingerprint density at radius 1 is 1.20 bits per heavy atom. The molecule has 114 valence electrons. The highest BCUT2D eigenvalue weighted by molar-refractivity contribution is 9.10. The second-order valence-corrected chi connectivity index (χ2v) is 5.99. The van der Waals surface area contributed by atoms with Gasteiger partial charge in [0, 0.05) is 11.0 Å². The van der Waals surface area contributed by atoms with Crippen molar-refractivity contribution in [3.63, 3.8) is 0 Å². The van der Waals surface area contributed by atoms with Gasteiger partial charge in [-0.25, -0.2) is 0 Å². The van der Waals surface area contributed by atoms with Crippen LogP contribution < -0.4 is 10.1 Å². The average molecular weight is 356 g/mol. The first-order valence-electron chi connectivity index (χ1n) is 6.00. The van der Waals surface area contributed by atoms with E-state index < -0.39 is 6.36 Å². The van der Waals surface area contributed by atoms with E-state index in [1.165, 1.54) is 12.1 Å². The molecule has 0 bridgehead atoms. The van der Waals surface area contributed by atoms with Crippen LogP contribution in [0.3, 0.4) is 0 Å². The van der Waals surface area contributed by atoms with E-state index in [1.54, 1.807) is 6.07 Å². The van der Waals surface area contributed by atoms with Gasteiger partial charge in [0.15, 0.2) is 5.75 Å². The molecule has 1 rings (SSSR count).